The molecule has 7 nitrogen and oxygen atoms in total. The highest BCUT2D eigenvalue weighted by atomic mass is 32.2. The lowest BCUT2D eigenvalue weighted by Gasteiger charge is -2.20. The van der Waals surface area contributed by atoms with Gasteiger partial charge in [0.15, 0.2) is 9.84 Å². The lowest BCUT2D eigenvalue weighted by Crippen LogP contribution is -2.30. The second kappa shape index (κ2) is 9.64. The molecule has 0 atom stereocenters. The first-order valence-electron chi connectivity index (χ1n) is 9.87. The fourth-order valence-corrected chi connectivity index (χ4v) is 5.45. The molecule has 0 aliphatic carbocycles. The molecule has 0 radical (unpaired) electrons. The highest BCUT2D eigenvalue weighted by molar-refractivity contribution is 7.91. The van der Waals surface area contributed by atoms with Crippen LogP contribution < -0.4 is 5.32 Å². The van der Waals surface area contributed by atoms with Gasteiger partial charge in [0.25, 0.3) is 5.91 Å². The topological polar surface area (TPSA) is 101 Å². The van der Waals surface area contributed by atoms with Gasteiger partial charge in [0.1, 0.15) is 0 Å². The highest BCUT2D eigenvalue weighted by Gasteiger charge is 2.24. The Morgan fingerprint density at radius 1 is 0.844 bits per heavy atom. The minimum Gasteiger partial charge on any atom is -0.321 e. The van der Waals surface area contributed by atoms with Crippen molar-refractivity contribution in [2.75, 3.05) is 18.1 Å². The van der Waals surface area contributed by atoms with Crippen LogP contribution in [0.3, 0.4) is 0 Å². The Labute approximate surface area is 188 Å². The SMILES string of the molecule is CCN(Cc1ccccc1)S(=O)(=O)c1ccc(C(=O)Nc2ccccc2S(C)(=O)=O)cc1. The molecule has 3 aromatic carbocycles. The van der Waals surface area contributed by atoms with E-state index in [0.717, 1.165) is 11.8 Å². The van der Waals surface area contributed by atoms with E-state index >= 15 is 0 Å². The van der Waals surface area contributed by atoms with Crippen molar-refractivity contribution in [2.24, 2.45) is 0 Å². The van der Waals surface area contributed by atoms with E-state index in [2.05, 4.69) is 5.32 Å². The zero-order valence-corrected chi connectivity index (χ0v) is 19.4. The van der Waals surface area contributed by atoms with E-state index in [0.29, 0.717) is 6.54 Å². The molecule has 0 fully saturated rings. The predicted octanol–water partition coefficient (Wildman–Crippen LogP) is 3.55. The van der Waals surface area contributed by atoms with Gasteiger partial charge in [0, 0.05) is 24.9 Å². The molecule has 0 aliphatic heterocycles. The molecule has 0 aliphatic rings. The smallest absolute Gasteiger partial charge is 0.255 e. The third-order valence-corrected chi connectivity index (χ3v) is 7.93. The maximum atomic E-state index is 13.1. The summed E-state index contributed by atoms with van der Waals surface area (Å²) in [5.41, 5.74) is 1.24. The number of para-hydroxylation sites is 1. The van der Waals surface area contributed by atoms with Gasteiger partial charge in [-0.15, -0.1) is 0 Å². The molecule has 1 N–H and O–H groups in total. The maximum Gasteiger partial charge on any atom is 0.255 e. The number of carbonyl (C=O) groups excluding carboxylic acids is 1. The molecular weight excluding hydrogens is 448 g/mol. The molecule has 3 aromatic rings. The molecule has 9 heteroatoms. The van der Waals surface area contributed by atoms with E-state index in [1.807, 2.05) is 30.3 Å². The number of benzene rings is 3. The number of carbonyl (C=O) groups is 1. The second-order valence-corrected chi connectivity index (χ2v) is 11.1. The zero-order valence-electron chi connectivity index (χ0n) is 17.7. The van der Waals surface area contributed by atoms with Crippen LogP contribution in [-0.2, 0) is 26.4 Å². The number of nitrogens with zero attached hydrogens (tertiary/aromatic N) is 1. The summed E-state index contributed by atoms with van der Waals surface area (Å²) < 4.78 is 51.3. The average molecular weight is 473 g/mol. The standard InChI is InChI=1S/C23H24N2O5S2/c1-3-25(17-18-9-5-4-6-10-18)32(29,30)20-15-13-19(14-16-20)23(26)24-21-11-7-8-12-22(21)31(2,27)28/h4-16H,3,17H2,1-2H3,(H,24,26). The molecule has 168 valence electrons. The average Bonchev–Trinajstić information content (AvgIpc) is 2.77. The summed E-state index contributed by atoms with van der Waals surface area (Å²) >= 11 is 0. The van der Waals surface area contributed by atoms with Gasteiger partial charge in [-0.25, -0.2) is 16.8 Å². The highest BCUT2D eigenvalue weighted by Crippen LogP contribution is 2.23. The second-order valence-electron chi connectivity index (χ2n) is 7.16. The van der Waals surface area contributed by atoms with Crippen LogP contribution in [0.2, 0.25) is 0 Å². The van der Waals surface area contributed by atoms with Crippen LogP contribution in [0, 0.1) is 0 Å². The van der Waals surface area contributed by atoms with Gasteiger partial charge in [0.05, 0.1) is 15.5 Å². The number of sulfone groups is 1. The normalized spacial score (nSPS) is 12.0. The lowest BCUT2D eigenvalue weighted by molar-refractivity contribution is 0.102. The Balaban J connectivity index is 1.80. The summed E-state index contributed by atoms with van der Waals surface area (Å²) in [6.45, 7) is 2.30. The molecule has 0 heterocycles. The van der Waals surface area contributed by atoms with Gasteiger partial charge in [-0.05, 0) is 42.0 Å². The first kappa shape index (κ1) is 23.6. The molecule has 0 aromatic heterocycles. The summed E-state index contributed by atoms with van der Waals surface area (Å²) in [4.78, 5) is 12.7. The molecule has 0 spiro atoms. The molecule has 0 unspecified atom stereocenters. The molecule has 0 bridgehead atoms. The number of hydrogen-bond acceptors (Lipinski definition) is 5. The minimum atomic E-state index is -3.75. The first-order valence-corrected chi connectivity index (χ1v) is 13.2. The van der Waals surface area contributed by atoms with Gasteiger partial charge < -0.3 is 5.32 Å². The fourth-order valence-electron chi connectivity index (χ4n) is 3.17. The van der Waals surface area contributed by atoms with Crippen molar-refractivity contribution in [2.45, 2.75) is 23.3 Å². The number of sulfonamides is 1. The number of amides is 1. The summed E-state index contributed by atoms with van der Waals surface area (Å²) in [5, 5.41) is 2.58. The van der Waals surface area contributed by atoms with Gasteiger partial charge in [-0.2, -0.15) is 4.31 Å². The van der Waals surface area contributed by atoms with Crippen LogP contribution >= 0.6 is 0 Å². The van der Waals surface area contributed by atoms with Gasteiger partial charge >= 0.3 is 0 Å². The summed E-state index contributed by atoms with van der Waals surface area (Å²) in [6, 6.07) is 20.9. The van der Waals surface area contributed by atoms with Crippen LogP contribution in [0.1, 0.15) is 22.8 Å². The van der Waals surface area contributed by atoms with Crippen molar-refractivity contribution in [3.8, 4) is 0 Å². The fraction of sp³-hybridized carbons (Fsp3) is 0.174. The van der Waals surface area contributed by atoms with Crippen LogP contribution in [0.5, 0.6) is 0 Å². The molecule has 0 saturated carbocycles. The Kier molecular flexibility index (Phi) is 7.12. The lowest BCUT2D eigenvalue weighted by atomic mass is 10.2. The van der Waals surface area contributed by atoms with Crippen molar-refractivity contribution < 1.29 is 21.6 Å². The number of rotatable bonds is 8. The Bertz CT molecular complexity index is 1300. The van der Waals surface area contributed by atoms with Crippen LogP contribution in [0.15, 0.2) is 88.7 Å². The van der Waals surface area contributed by atoms with Crippen LogP contribution in [0.4, 0.5) is 5.69 Å². The monoisotopic (exact) mass is 472 g/mol. The van der Waals surface area contributed by atoms with Crippen molar-refractivity contribution in [1.82, 2.24) is 4.31 Å². The summed E-state index contributed by atoms with van der Waals surface area (Å²) in [7, 11) is -7.28. The largest absolute Gasteiger partial charge is 0.321 e. The molecule has 1 amide bonds. The van der Waals surface area contributed by atoms with Crippen LogP contribution in [0.25, 0.3) is 0 Å². The molecule has 0 saturated heterocycles. The van der Waals surface area contributed by atoms with Gasteiger partial charge in [-0.3, -0.25) is 4.79 Å². The number of anilines is 1. The number of hydrogen-bond donors (Lipinski definition) is 1. The number of nitrogens with one attached hydrogen (secondary N) is 1. The maximum absolute atomic E-state index is 13.1. The van der Waals surface area contributed by atoms with E-state index in [1.54, 1.807) is 19.1 Å². The Morgan fingerprint density at radius 3 is 2.03 bits per heavy atom. The van der Waals surface area contributed by atoms with Crippen LogP contribution in [-0.4, -0.2) is 39.8 Å². The van der Waals surface area contributed by atoms with E-state index in [-0.39, 0.29) is 27.6 Å². The summed E-state index contributed by atoms with van der Waals surface area (Å²) in [5.74, 6) is -0.540. The summed E-state index contributed by atoms with van der Waals surface area (Å²) in [6.07, 6.45) is 1.06. The zero-order chi connectivity index (χ0) is 23.4. The van der Waals surface area contributed by atoms with E-state index in [4.69, 9.17) is 0 Å². The van der Waals surface area contributed by atoms with Gasteiger partial charge in [0.2, 0.25) is 10.0 Å². The van der Waals surface area contributed by atoms with E-state index in [9.17, 15) is 21.6 Å². The quantitative estimate of drug-likeness (QED) is 0.540. The Morgan fingerprint density at radius 2 is 1.44 bits per heavy atom. The van der Waals surface area contributed by atoms with E-state index < -0.39 is 25.8 Å². The Hall–Kier alpha value is -3.01. The predicted molar refractivity (Wildman–Crippen MR) is 124 cm³/mol. The third kappa shape index (κ3) is 5.42. The van der Waals surface area contributed by atoms with Crippen molar-refractivity contribution in [3.63, 3.8) is 0 Å². The molecule has 32 heavy (non-hydrogen) atoms. The van der Waals surface area contributed by atoms with Crippen molar-refractivity contribution in [1.29, 1.82) is 0 Å². The van der Waals surface area contributed by atoms with Crippen molar-refractivity contribution >= 4 is 31.5 Å². The van der Waals surface area contributed by atoms with Crippen molar-refractivity contribution in [3.05, 3.63) is 90.0 Å². The minimum absolute atomic E-state index is 0.00653. The van der Waals surface area contributed by atoms with Gasteiger partial charge in [-0.1, -0.05) is 49.4 Å². The molecule has 3 rings (SSSR count). The van der Waals surface area contributed by atoms with E-state index in [1.165, 1.54) is 40.7 Å². The first-order chi connectivity index (χ1) is 15.1. The molecular formula is C23H24N2O5S2. The third-order valence-electron chi connectivity index (χ3n) is 4.84.